The zero-order valence-corrected chi connectivity index (χ0v) is 10.9. The van der Waals surface area contributed by atoms with Gasteiger partial charge in [0.15, 0.2) is 0 Å². The summed E-state index contributed by atoms with van der Waals surface area (Å²) in [6.07, 6.45) is 7.31. The third-order valence-electron chi connectivity index (χ3n) is 3.27. The summed E-state index contributed by atoms with van der Waals surface area (Å²) in [4.78, 5) is 8.60. The van der Waals surface area contributed by atoms with E-state index in [1.165, 1.54) is 0 Å². The molecule has 0 bridgehead atoms. The van der Waals surface area contributed by atoms with E-state index in [2.05, 4.69) is 9.97 Å². The standard InChI is InChI=1S/C12H15N3O2S/c1-18-12-9-4-5-15(11(9)13-7-14-12)10-3-2-8(6-16)17-10/h4-5,7-8,10,16H,2-3,6H2,1H3/t8-,10-/m0/s1. The monoisotopic (exact) mass is 265 g/mol. The van der Waals surface area contributed by atoms with E-state index in [4.69, 9.17) is 9.84 Å². The molecule has 0 aliphatic carbocycles. The van der Waals surface area contributed by atoms with Crippen LogP contribution < -0.4 is 0 Å². The summed E-state index contributed by atoms with van der Waals surface area (Å²) in [5.74, 6) is 0. The summed E-state index contributed by atoms with van der Waals surface area (Å²) >= 11 is 1.61. The largest absolute Gasteiger partial charge is 0.394 e. The van der Waals surface area contributed by atoms with Crippen LogP contribution in [0.4, 0.5) is 0 Å². The Labute approximate surface area is 109 Å². The van der Waals surface area contributed by atoms with Gasteiger partial charge in [-0.2, -0.15) is 0 Å². The number of nitrogens with zero attached hydrogens (tertiary/aromatic N) is 3. The van der Waals surface area contributed by atoms with Crippen molar-refractivity contribution in [3.05, 3.63) is 18.6 Å². The van der Waals surface area contributed by atoms with Crippen molar-refractivity contribution in [3.8, 4) is 0 Å². The molecule has 1 aliphatic heterocycles. The van der Waals surface area contributed by atoms with Crippen LogP contribution in [0.15, 0.2) is 23.6 Å². The number of thioether (sulfide) groups is 1. The molecule has 0 unspecified atom stereocenters. The molecule has 5 nitrogen and oxygen atoms in total. The lowest BCUT2D eigenvalue weighted by Crippen LogP contribution is -2.14. The molecule has 0 amide bonds. The second kappa shape index (κ2) is 4.87. The molecule has 0 radical (unpaired) electrons. The minimum absolute atomic E-state index is 0.0238. The molecule has 96 valence electrons. The number of ether oxygens (including phenoxy) is 1. The molecular weight excluding hydrogens is 250 g/mol. The van der Waals surface area contributed by atoms with Crippen LogP contribution in [-0.2, 0) is 4.74 Å². The third kappa shape index (κ3) is 1.90. The second-order valence-electron chi connectivity index (χ2n) is 4.32. The van der Waals surface area contributed by atoms with Crippen LogP contribution in [0.25, 0.3) is 11.0 Å². The number of aliphatic hydroxyl groups excluding tert-OH is 1. The first-order valence-electron chi connectivity index (χ1n) is 5.95. The first-order valence-corrected chi connectivity index (χ1v) is 7.18. The number of hydrogen-bond donors (Lipinski definition) is 1. The molecular formula is C12H15N3O2S. The van der Waals surface area contributed by atoms with Crippen molar-refractivity contribution in [1.82, 2.24) is 14.5 Å². The summed E-state index contributed by atoms with van der Waals surface area (Å²) in [6.45, 7) is 0.0841. The van der Waals surface area contributed by atoms with Gasteiger partial charge in [-0.05, 0) is 25.2 Å². The first-order chi connectivity index (χ1) is 8.83. The van der Waals surface area contributed by atoms with Crippen LogP contribution in [0.1, 0.15) is 19.1 Å². The van der Waals surface area contributed by atoms with Gasteiger partial charge in [-0.3, -0.25) is 0 Å². The molecule has 0 aromatic carbocycles. The van der Waals surface area contributed by atoms with Crippen molar-refractivity contribution < 1.29 is 9.84 Å². The van der Waals surface area contributed by atoms with Crippen molar-refractivity contribution in [1.29, 1.82) is 0 Å². The summed E-state index contributed by atoms with van der Waals surface area (Å²) in [7, 11) is 0. The van der Waals surface area contributed by atoms with Crippen LogP contribution in [0.3, 0.4) is 0 Å². The molecule has 6 heteroatoms. The van der Waals surface area contributed by atoms with E-state index in [9.17, 15) is 0 Å². The fourth-order valence-corrected chi connectivity index (χ4v) is 2.90. The lowest BCUT2D eigenvalue weighted by molar-refractivity contribution is -0.0204. The van der Waals surface area contributed by atoms with E-state index in [1.54, 1.807) is 18.1 Å². The molecule has 1 aliphatic rings. The Morgan fingerprint density at radius 2 is 2.39 bits per heavy atom. The predicted octanol–water partition coefficient (Wildman–Crippen LogP) is 1.82. The van der Waals surface area contributed by atoms with Gasteiger partial charge in [0.1, 0.15) is 23.2 Å². The van der Waals surface area contributed by atoms with Gasteiger partial charge in [0, 0.05) is 6.20 Å². The molecule has 3 rings (SSSR count). The number of rotatable bonds is 3. The summed E-state index contributed by atoms with van der Waals surface area (Å²) in [6, 6.07) is 2.02. The van der Waals surface area contributed by atoms with Crippen molar-refractivity contribution in [2.24, 2.45) is 0 Å². The number of hydrogen-bond acceptors (Lipinski definition) is 5. The van der Waals surface area contributed by atoms with E-state index in [1.807, 2.05) is 23.1 Å². The Morgan fingerprint density at radius 3 is 3.11 bits per heavy atom. The predicted molar refractivity (Wildman–Crippen MR) is 69.5 cm³/mol. The second-order valence-corrected chi connectivity index (χ2v) is 5.11. The highest BCUT2D eigenvalue weighted by atomic mass is 32.2. The number of fused-ring (bicyclic) bond motifs is 1. The fourth-order valence-electron chi connectivity index (χ4n) is 2.37. The minimum atomic E-state index is -0.0469. The van der Waals surface area contributed by atoms with Gasteiger partial charge >= 0.3 is 0 Å². The quantitative estimate of drug-likeness (QED) is 0.677. The van der Waals surface area contributed by atoms with Crippen molar-refractivity contribution >= 4 is 22.8 Å². The minimum Gasteiger partial charge on any atom is -0.394 e. The van der Waals surface area contributed by atoms with E-state index >= 15 is 0 Å². The van der Waals surface area contributed by atoms with Crippen LogP contribution in [0.5, 0.6) is 0 Å². The third-order valence-corrected chi connectivity index (χ3v) is 3.98. The lowest BCUT2D eigenvalue weighted by atomic mass is 10.2. The highest BCUT2D eigenvalue weighted by Gasteiger charge is 2.27. The van der Waals surface area contributed by atoms with Crippen LogP contribution in [0.2, 0.25) is 0 Å². The highest BCUT2D eigenvalue weighted by molar-refractivity contribution is 7.98. The molecule has 2 atom stereocenters. The smallest absolute Gasteiger partial charge is 0.146 e. The normalized spacial score (nSPS) is 23.9. The van der Waals surface area contributed by atoms with Crippen molar-refractivity contribution in [3.63, 3.8) is 0 Å². The molecule has 2 aromatic rings. The Bertz CT molecular complexity index is 557. The maximum absolute atomic E-state index is 9.11. The van der Waals surface area contributed by atoms with Crippen LogP contribution in [0, 0.1) is 0 Å². The van der Waals surface area contributed by atoms with Crippen LogP contribution >= 0.6 is 11.8 Å². The number of aliphatic hydroxyl groups is 1. The Morgan fingerprint density at radius 1 is 1.50 bits per heavy atom. The Hall–Kier alpha value is -1.11. The van der Waals surface area contributed by atoms with E-state index in [-0.39, 0.29) is 18.9 Å². The zero-order valence-electron chi connectivity index (χ0n) is 10.1. The van der Waals surface area contributed by atoms with Gasteiger partial charge in [-0.25, -0.2) is 9.97 Å². The van der Waals surface area contributed by atoms with Gasteiger partial charge in [0.25, 0.3) is 0 Å². The van der Waals surface area contributed by atoms with Crippen LogP contribution in [-0.4, -0.2) is 38.6 Å². The van der Waals surface area contributed by atoms with Gasteiger partial charge in [-0.1, -0.05) is 0 Å². The molecule has 2 aromatic heterocycles. The Kier molecular flexibility index (Phi) is 3.23. The summed E-state index contributed by atoms with van der Waals surface area (Å²) in [5.41, 5.74) is 0.901. The van der Waals surface area contributed by atoms with Gasteiger partial charge in [0.05, 0.1) is 18.1 Å². The van der Waals surface area contributed by atoms with Gasteiger partial charge in [0.2, 0.25) is 0 Å². The average Bonchev–Trinajstić information content (AvgIpc) is 3.03. The van der Waals surface area contributed by atoms with Crippen molar-refractivity contribution in [2.75, 3.05) is 12.9 Å². The molecule has 0 spiro atoms. The zero-order chi connectivity index (χ0) is 12.5. The average molecular weight is 265 g/mol. The molecule has 3 heterocycles. The molecule has 0 saturated carbocycles. The molecule has 18 heavy (non-hydrogen) atoms. The maximum atomic E-state index is 9.11. The lowest BCUT2D eigenvalue weighted by Gasteiger charge is -2.14. The van der Waals surface area contributed by atoms with Gasteiger partial charge in [-0.15, -0.1) is 11.8 Å². The summed E-state index contributed by atoms with van der Waals surface area (Å²) in [5, 5.41) is 11.2. The topological polar surface area (TPSA) is 60.2 Å². The highest BCUT2D eigenvalue weighted by Crippen LogP contribution is 2.32. The molecule has 1 N–H and O–H groups in total. The van der Waals surface area contributed by atoms with E-state index in [0.717, 1.165) is 28.9 Å². The van der Waals surface area contributed by atoms with E-state index in [0.29, 0.717) is 0 Å². The SMILES string of the molecule is CSc1ncnc2c1ccn2[C@@H]1CC[C@@H](CO)O1. The van der Waals surface area contributed by atoms with Crippen molar-refractivity contribution in [2.45, 2.75) is 30.2 Å². The van der Waals surface area contributed by atoms with Gasteiger partial charge < -0.3 is 14.4 Å². The number of aromatic nitrogens is 3. The molecule has 1 fully saturated rings. The fraction of sp³-hybridized carbons (Fsp3) is 0.500. The van der Waals surface area contributed by atoms with E-state index < -0.39 is 0 Å². The first kappa shape index (κ1) is 12.0. The maximum Gasteiger partial charge on any atom is 0.146 e. The Balaban J connectivity index is 1.98. The molecule has 1 saturated heterocycles. The summed E-state index contributed by atoms with van der Waals surface area (Å²) < 4.78 is 7.82.